The van der Waals surface area contributed by atoms with Crippen LogP contribution in [0, 0.1) is 6.92 Å². The third kappa shape index (κ3) is 3.34. The van der Waals surface area contributed by atoms with Crippen LogP contribution in [-0.4, -0.2) is 21.4 Å². The molecule has 4 heteroatoms. The van der Waals surface area contributed by atoms with E-state index < -0.39 is 0 Å². The van der Waals surface area contributed by atoms with Crippen molar-refractivity contribution < 1.29 is 14.9 Å². The molecule has 0 radical (unpaired) electrons. The molecule has 27 heavy (non-hydrogen) atoms. The summed E-state index contributed by atoms with van der Waals surface area (Å²) in [5, 5.41) is 20.6. The Morgan fingerprint density at radius 3 is 2.30 bits per heavy atom. The van der Waals surface area contributed by atoms with Crippen LogP contribution in [-0.2, 0) is 6.54 Å². The van der Waals surface area contributed by atoms with Gasteiger partial charge in [0.1, 0.15) is 23.9 Å². The minimum atomic E-state index is 0.240. The van der Waals surface area contributed by atoms with Gasteiger partial charge in [0.05, 0.1) is 12.2 Å². The van der Waals surface area contributed by atoms with E-state index in [1.807, 2.05) is 48.5 Å². The van der Waals surface area contributed by atoms with E-state index in [0.29, 0.717) is 13.2 Å². The van der Waals surface area contributed by atoms with Crippen molar-refractivity contribution in [2.75, 3.05) is 6.61 Å². The minimum absolute atomic E-state index is 0.240. The molecule has 0 saturated carbocycles. The molecule has 0 fully saturated rings. The lowest BCUT2D eigenvalue weighted by molar-refractivity contribution is 0.301. The van der Waals surface area contributed by atoms with Crippen molar-refractivity contribution in [1.82, 2.24) is 4.57 Å². The van der Waals surface area contributed by atoms with E-state index in [1.165, 1.54) is 0 Å². The van der Waals surface area contributed by atoms with Crippen molar-refractivity contribution in [2.45, 2.75) is 13.5 Å². The van der Waals surface area contributed by atoms with Crippen LogP contribution in [0.5, 0.6) is 17.2 Å². The molecular formula is C23H21NO3. The maximum Gasteiger partial charge on any atom is 0.119 e. The number of aromatic nitrogens is 1. The van der Waals surface area contributed by atoms with Crippen LogP contribution < -0.4 is 4.74 Å². The third-order valence-corrected chi connectivity index (χ3v) is 4.77. The number of aromatic hydroxyl groups is 2. The molecule has 2 N–H and O–H groups in total. The fraction of sp³-hybridized carbons (Fsp3) is 0.130. The zero-order valence-corrected chi connectivity index (χ0v) is 15.1. The molecule has 1 aromatic heterocycles. The molecule has 4 rings (SSSR count). The van der Waals surface area contributed by atoms with Gasteiger partial charge in [-0.25, -0.2) is 0 Å². The van der Waals surface area contributed by atoms with Crippen molar-refractivity contribution in [3.63, 3.8) is 0 Å². The van der Waals surface area contributed by atoms with Gasteiger partial charge < -0.3 is 19.5 Å². The predicted molar refractivity (Wildman–Crippen MR) is 107 cm³/mol. The lowest BCUT2D eigenvalue weighted by Crippen LogP contribution is -2.09. The molecule has 0 aliphatic heterocycles. The molecule has 1 heterocycles. The average Bonchev–Trinajstić information content (AvgIpc) is 2.95. The number of benzene rings is 3. The van der Waals surface area contributed by atoms with E-state index in [0.717, 1.165) is 33.5 Å². The summed E-state index contributed by atoms with van der Waals surface area (Å²) >= 11 is 0. The highest BCUT2D eigenvalue weighted by atomic mass is 16.5. The second-order valence-corrected chi connectivity index (χ2v) is 6.54. The van der Waals surface area contributed by atoms with Gasteiger partial charge in [-0.3, -0.25) is 0 Å². The number of hydrogen-bond acceptors (Lipinski definition) is 3. The fourth-order valence-corrected chi connectivity index (χ4v) is 3.51. The second kappa shape index (κ2) is 7.08. The molecule has 0 aliphatic carbocycles. The summed E-state index contributed by atoms with van der Waals surface area (Å²) in [5.41, 5.74) is 4.21. The van der Waals surface area contributed by atoms with Crippen LogP contribution in [0.2, 0.25) is 0 Å². The van der Waals surface area contributed by atoms with E-state index in [4.69, 9.17) is 4.74 Å². The molecule has 0 aliphatic rings. The van der Waals surface area contributed by atoms with Crippen LogP contribution in [0.3, 0.4) is 0 Å². The lowest BCUT2D eigenvalue weighted by atomic mass is 10.1. The number of para-hydroxylation sites is 1. The van der Waals surface area contributed by atoms with E-state index >= 15 is 0 Å². The lowest BCUT2D eigenvalue weighted by Gasteiger charge is -2.13. The normalized spacial score (nSPS) is 11.0. The largest absolute Gasteiger partial charge is 0.508 e. The number of hydrogen-bond donors (Lipinski definition) is 2. The van der Waals surface area contributed by atoms with Gasteiger partial charge in [0.25, 0.3) is 0 Å². The highest BCUT2D eigenvalue weighted by molar-refractivity contribution is 5.92. The number of rotatable bonds is 5. The summed E-state index contributed by atoms with van der Waals surface area (Å²) in [6.45, 7) is 3.25. The molecule has 136 valence electrons. The van der Waals surface area contributed by atoms with Crippen molar-refractivity contribution in [3.05, 3.63) is 78.4 Å². The topological polar surface area (TPSA) is 54.6 Å². The van der Waals surface area contributed by atoms with Crippen LogP contribution in [0.25, 0.3) is 22.2 Å². The van der Waals surface area contributed by atoms with Crippen molar-refractivity contribution in [1.29, 1.82) is 0 Å². The van der Waals surface area contributed by atoms with E-state index in [9.17, 15) is 10.2 Å². The summed E-state index contributed by atoms with van der Waals surface area (Å²) in [7, 11) is 0. The van der Waals surface area contributed by atoms with Gasteiger partial charge in [-0.05, 0) is 72.6 Å². The second-order valence-electron chi connectivity index (χ2n) is 6.54. The van der Waals surface area contributed by atoms with E-state index in [2.05, 4.69) is 11.5 Å². The smallest absolute Gasteiger partial charge is 0.119 e. The first-order valence-corrected chi connectivity index (χ1v) is 8.92. The summed E-state index contributed by atoms with van der Waals surface area (Å²) in [4.78, 5) is 0. The molecule has 4 aromatic rings. The maximum atomic E-state index is 9.92. The van der Waals surface area contributed by atoms with Crippen molar-refractivity contribution in [2.24, 2.45) is 0 Å². The Labute approximate surface area is 157 Å². The van der Waals surface area contributed by atoms with Gasteiger partial charge in [-0.1, -0.05) is 18.2 Å². The molecule has 0 unspecified atom stereocenters. The zero-order valence-electron chi connectivity index (χ0n) is 15.1. The van der Waals surface area contributed by atoms with Gasteiger partial charge in [0.2, 0.25) is 0 Å². The Morgan fingerprint density at radius 2 is 1.56 bits per heavy atom. The summed E-state index contributed by atoms with van der Waals surface area (Å²) in [6.07, 6.45) is 0. The SMILES string of the molecule is Cc1c(-c2ccc(O)cc2)n(CCOc2ccccc2)c2ccc(O)cc12. The first kappa shape index (κ1) is 17.0. The molecule has 0 spiro atoms. The summed E-state index contributed by atoms with van der Waals surface area (Å²) < 4.78 is 8.10. The van der Waals surface area contributed by atoms with Gasteiger partial charge in [-0.15, -0.1) is 0 Å². The Kier molecular flexibility index (Phi) is 4.47. The Morgan fingerprint density at radius 1 is 0.852 bits per heavy atom. The minimum Gasteiger partial charge on any atom is -0.508 e. The monoisotopic (exact) mass is 359 g/mol. The van der Waals surface area contributed by atoms with Gasteiger partial charge in [-0.2, -0.15) is 0 Å². The molecule has 4 nitrogen and oxygen atoms in total. The van der Waals surface area contributed by atoms with Gasteiger partial charge in [0, 0.05) is 10.9 Å². The zero-order chi connectivity index (χ0) is 18.8. The maximum absolute atomic E-state index is 9.92. The van der Waals surface area contributed by atoms with Gasteiger partial charge >= 0.3 is 0 Å². The first-order valence-electron chi connectivity index (χ1n) is 8.92. The number of phenolic OH excluding ortho intramolecular Hbond substituents is 2. The van der Waals surface area contributed by atoms with Crippen molar-refractivity contribution >= 4 is 10.9 Å². The third-order valence-electron chi connectivity index (χ3n) is 4.77. The Bertz CT molecular complexity index is 1070. The molecule has 0 bridgehead atoms. The summed E-state index contributed by atoms with van der Waals surface area (Å²) in [5.74, 6) is 1.33. The number of ether oxygens (including phenoxy) is 1. The average molecular weight is 359 g/mol. The van der Waals surface area contributed by atoms with Gasteiger partial charge in [0.15, 0.2) is 0 Å². The Hall–Kier alpha value is -3.40. The molecular weight excluding hydrogens is 338 g/mol. The number of phenols is 2. The number of fused-ring (bicyclic) bond motifs is 1. The fourth-order valence-electron chi connectivity index (χ4n) is 3.51. The van der Waals surface area contributed by atoms with Crippen LogP contribution in [0.1, 0.15) is 5.56 Å². The van der Waals surface area contributed by atoms with Crippen LogP contribution in [0.15, 0.2) is 72.8 Å². The predicted octanol–water partition coefficient (Wildman–Crippen LogP) is 5.11. The van der Waals surface area contributed by atoms with E-state index in [-0.39, 0.29) is 11.5 Å². The highest BCUT2D eigenvalue weighted by Gasteiger charge is 2.16. The quantitative estimate of drug-likeness (QED) is 0.521. The standard InChI is InChI=1S/C23H21NO3/c1-16-21-15-19(26)11-12-22(21)24(13-14-27-20-5-3-2-4-6-20)23(16)17-7-9-18(25)10-8-17/h2-12,15,25-26H,13-14H2,1H3. The number of nitrogens with zero attached hydrogens (tertiary/aromatic N) is 1. The molecule has 0 atom stereocenters. The van der Waals surface area contributed by atoms with Crippen LogP contribution >= 0.6 is 0 Å². The number of aryl methyl sites for hydroxylation is 1. The highest BCUT2D eigenvalue weighted by Crippen LogP contribution is 2.35. The van der Waals surface area contributed by atoms with E-state index in [1.54, 1.807) is 24.3 Å². The summed E-state index contributed by atoms with van der Waals surface area (Å²) in [6, 6.07) is 22.4. The first-order chi connectivity index (χ1) is 13.1. The molecule has 0 amide bonds. The Balaban J connectivity index is 1.74. The molecule has 0 saturated heterocycles. The molecule has 3 aromatic carbocycles. The van der Waals surface area contributed by atoms with Crippen molar-refractivity contribution in [3.8, 4) is 28.5 Å². The van der Waals surface area contributed by atoms with Crippen LogP contribution in [0.4, 0.5) is 0 Å².